The Labute approximate surface area is 72.4 Å². The molecule has 0 aliphatic heterocycles. The summed E-state index contributed by atoms with van der Waals surface area (Å²) >= 11 is 0. The minimum atomic E-state index is 0.675. The molecule has 1 atom stereocenters. The maximum Gasteiger partial charge on any atom is 0.106 e. The standard InChI is InChI=1S/C9H21BN/c1-8(2)11(5)7-9(3)6-10-4/h8-9H,6-7H2,1-5H3. The van der Waals surface area contributed by atoms with Crippen molar-refractivity contribution in [3.8, 4) is 0 Å². The lowest BCUT2D eigenvalue weighted by molar-refractivity contribution is 0.244. The summed E-state index contributed by atoms with van der Waals surface area (Å²) in [6.07, 6.45) is 1.23. The van der Waals surface area contributed by atoms with Crippen molar-refractivity contribution in [1.29, 1.82) is 0 Å². The van der Waals surface area contributed by atoms with Gasteiger partial charge in [0.25, 0.3) is 0 Å². The summed E-state index contributed by atoms with van der Waals surface area (Å²) < 4.78 is 0. The molecule has 1 radical (unpaired) electrons. The summed E-state index contributed by atoms with van der Waals surface area (Å²) in [7, 11) is 4.44. The highest BCUT2D eigenvalue weighted by atomic mass is 15.1. The summed E-state index contributed by atoms with van der Waals surface area (Å²) in [5.74, 6) is 0.799. The van der Waals surface area contributed by atoms with Gasteiger partial charge >= 0.3 is 0 Å². The van der Waals surface area contributed by atoms with Gasteiger partial charge in [0.15, 0.2) is 0 Å². The van der Waals surface area contributed by atoms with Crippen LogP contribution in [0.4, 0.5) is 0 Å². The van der Waals surface area contributed by atoms with Crippen LogP contribution in [0.5, 0.6) is 0 Å². The Balaban J connectivity index is 3.48. The van der Waals surface area contributed by atoms with Crippen LogP contribution in [0, 0.1) is 5.92 Å². The van der Waals surface area contributed by atoms with Crippen molar-refractivity contribution in [2.75, 3.05) is 13.6 Å². The highest BCUT2D eigenvalue weighted by Crippen LogP contribution is 2.05. The average Bonchev–Trinajstić information content (AvgIpc) is 1.87. The van der Waals surface area contributed by atoms with Gasteiger partial charge in [0.1, 0.15) is 7.28 Å². The first-order chi connectivity index (χ1) is 5.07. The molecule has 0 rings (SSSR count). The molecule has 0 aliphatic carbocycles. The van der Waals surface area contributed by atoms with Crippen molar-refractivity contribution >= 4 is 7.28 Å². The van der Waals surface area contributed by atoms with E-state index < -0.39 is 0 Å². The Morgan fingerprint density at radius 3 is 2.18 bits per heavy atom. The average molecular weight is 154 g/mol. The van der Waals surface area contributed by atoms with Gasteiger partial charge in [0.2, 0.25) is 0 Å². The summed E-state index contributed by atoms with van der Waals surface area (Å²) in [5, 5.41) is 0. The molecular weight excluding hydrogens is 133 g/mol. The van der Waals surface area contributed by atoms with Crippen LogP contribution < -0.4 is 0 Å². The summed E-state index contributed by atoms with van der Waals surface area (Å²) in [5.41, 5.74) is 0. The van der Waals surface area contributed by atoms with Crippen LogP contribution >= 0.6 is 0 Å². The first-order valence-corrected chi connectivity index (χ1v) is 4.56. The zero-order chi connectivity index (χ0) is 8.85. The third kappa shape index (κ3) is 5.31. The first-order valence-electron chi connectivity index (χ1n) is 4.56. The second kappa shape index (κ2) is 5.65. The second-order valence-corrected chi connectivity index (χ2v) is 3.78. The van der Waals surface area contributed by atoms with Gasteiger partial charge in [-0.3, -0.25) is 0 Å². The minimum Gasteiger partial charge on any atom is -0.304 e. The molecule has 0 aromatic carbocycles. The molecule has 0 saturated heterocycles. The third-order valence-electron chi connectivity index (χ3n) is 2.12. The van der Waals surface area contributed by atoms with Gasteiger partial charge in [-0.1, -0.05) is 20.1 Å². The zero-order valence-corrected chi connectivity index (χ0v) is 8.59. The molecule has 2 heteroatoms. The Morgan fingerprint density at radius 2 is 1.82 bits per heavy atom. The van der Waals surface area contributed by atoms with Gasteiger partial charge in [-0.25, -0.2) is 0 Å². The Bertz CT molecular complexity index is 93.6. The maximum atomic E-state index is 2.40. The normalized spacial score (nSPS) is 14.1. The van der Waals surface area contributed by atoms with Crippen molar-refractivity contribution in [2.24, 2.45) is 5.92 Å². The topological polar surface area (TPSA) is 3.24 Å². The SMILES string of the molecule is C[B]CC(C)CN(C)C(C)C. The van der Waals surface area contributed by atoms with Crippen molar-refractivity contribution in [2.45, 2.75) is 40.0 Å². The van der Waals surface area contributed by atoms with E-state index in [-0.39, 0.29) is 0 Å². The maximum absolute atomic E-state index is 2.40. The van der Waals surface area contributed by atoms with Gasteiger partial charge in [-0.2, -0.15) is 0 Å². The van der Waals surface area contributed by atoms with E-state index in [1.54, 1.807) is 0 Å². The minimum absolute atomic E-state index is 0.675. The van der Waals surface area contributed by atoms with Crippen LogP contribution in [0.25, 0.3) is 0 Å². The van der Waals surface area contributed by atoms with Gasteiger partial charge < -0.3 is 4.90 Å². The predicted octanol–water partition coefficient (Wildman–Crippen LogP) is 2.13. The van der Waals surface area contributed by atoms with Gasteiger partial charge in [0.05, 0.1) is 0 Å². The van der Waals surface area contributed by atoms with Crippen molar-refractivity contribution in [1.82, 2.24) is 4.90 Å². The van der Waals surface area contributed by atoms with E-state index in [0.29, 0.717) is 6.04 Å². The monoisotopic (exact) mass is 154 g/mol. The van der Waals surface area contributed by atoms with E-state index in [1.165, 1.54) is 12.9 Å². The Morgan fingerprint density at radius 1 is 1.27 bits per heavy atom. The van der Waals surface area contributed by atoms with Gasteiger partial charge in [-0.05, 0) is 33.4 Å². The Kier molecular flexibility index (Phi) is 5.66. The fourth-order valence-electron chi connectivity index (χ4n) is 1.18. The number of rotatable bonds is 5. The smallest absolute Gasteiger partial charge is 0.106 e. The molecule has 0 aromatic rings. The molecule has 0 fully saturated rings. The van der Waals surface area contributed by atoms with E-state index in [2.05, 4.69) is 46.8 Å². The van der Waals surface area contributed by atoms with E-state index >= 15 is 0 Å². The quantitative estimate of drug-likeness (QED) is 0.548. The molecule has 65 valence electrons. The van der Waals surface area contributed by atoms with Crippen LogP contribution in [0.2, 0.25) is 13.1 Å². The lowest BCUT2D eigenvalue weighted by Crippen LogP contribution is -2.30. The molecule has 0 saturated carbocycles. The molecule has 11 heavy (non-hydrogen) atoms. The van der Waals surface area contributed by atoms with Crippen LogP contribution in [0.1, 0.15) is 20.8 Å². The highest BCUT2D eigenvalue weighted by molar-refractivity contribution is 6.33. The zero-order valence-electron chi connectivity index (χ0n) is 8.59. The second-order valence-electron chi connectivity index (χ2n) is 3.78. The number of hydrogen-bond donors (Lipinski definition) is 0. The van der Waals surface area contributed by atoms with E-state index in [1.807, 2.05) is 0 Å². The van der Waals surface area contributed by atoms with Crippen molar-refractivity contribution in [3.05, 3.63) is 0 Å². The van der Waals surface area contributed by atoms with Crippen molar-refractivity contribution < 1.29 is 0 Å². The van der Waals surface area contributed by atoms with Gasteiger partial charge in [0, 0.05) is 6.04 Å². The predicted molar refractivity (Wildman–Crippen MR) is 53.4 cm³/mol. The van der Waals surface area contributed by atoms with Crippen LogP contribution in [0.15, 0.2) is 0 Å². The summed E-state index contributed by atoms with van der Waals surface area (Å²) in [4.78, 5) is 2.40. The molecule has 1 nitrogen and oxygen atoms in total. The summed E-state index contributed by atoms with van der Waals surface area (Å²) in [6.45, 7) is 10.1. The van der Waals surface area contributed by atoms with E-state index in [9.17, 15) is 0 Å². The van der Waals surface area contributed by atoms with Crippen molar-refractivity contribution in [3.63, 3.8) is 0 Å². The number of hydrogen-bond acceptors (Lipinski definition) is 1. The van der Waals surface area contributed by atoms with Crippen LogP contribution in [-0.2, 0) is 0 Å². The molecule has 0 aliphatic rings. The molecule has 0 amide bonds. The van der Waals surface area contributed by atoms with Crippen LogP contribution in [0.3, 0.4) is 0 Å². The third-order valence-corrected chi connectivity index (χ3v) is 2.12. The molecule has 0 N–H and O–H groups in total. The van der Waals surface area contributed by atoms with E-state index in [4.69, 9.17) is 0 Å². The molecule has 0 heterocycles. The fourth-order valence-corrected chi connectivity index (χ4v) is 1.18. The molecule has 0 bridgehead atoms. The molecule has 0 spiro atoms. The number of nitrogens with zero attached hydrogens (tertiary/aromatic N) is 1. The fraction of sp³-hybridized carbons (Fsp3) is 1.00. The highest BCUT2D eigenvalue weighted by Gasteiger charge is 2.07. The van der Waals surface area contributed by atoms with E-state index in [0.717, 1.165) is 5.92 Å². The summed E-state index contributed by atoms with van der Waals surface area (Å²) in [6, 6.07) is 0.675. The lowest BCUT2D eigenvalue weighted by atomic mass is 9.73. The largest absolute Gasteiger partial charge is 0.304 e. The van der Waals surface area contributed by atoms with Crippen LogP contribution in [-0.4, -0.2) is 31.8 Å². The first kappa shape index (κ1) is 11.0. The van der Waals surface area contributed by atoms with Gasteiger partial charge in [-0.15, -0.1) is 0 Å². The lowest BCUT2D eigenvalue weighted by Gasteiger charge is -2.24. The molecule has 0 aromatic heterocycles. The Hall–Kier alpha value is 0.0249. The molecular formula is C9H21BN. The molecule has 1 unspecified atom stereocenters.